The number of fused-ring (bicyclic) bond motifs is 1. The van der Waals surface area contributed by atoms with Gasteiger partial charge in [-0.1, -0.05) is 23.5 Å². The first-order chi connectivity index (χ1) is 8.33. The Hall–Kier alpha value is -1.95. The van der Waals surface area contributed by atoms with Crippen LogP contribution in [0.4, 0.5) is 5.13 Å². The van der Waals surface area contributed by atoms with E-state index in [1.807, 2.05) is 24.3 Å². The molecule has 2 aromatic rings. The van der Waals surface area contributed by atoms with Crippen LogP contribution in [0.5, 0.6) is 0 Å². The number of aromatic nitrogens is 1. The molecule has 1 aliphatic rings. The summed E-state index contributed by atoms with van der Waals surface area (Å²) in [4.78, 5) is 20.1. The molecule has 0 fully saturated rings. The molecule has 2 N–H and O–H groups in total. The van der Waals surface area contributed by atoms with Crippen LogP contribution in [-0.2, 0) is 4.79 Å². The summed E-state index contributed by atoms with van der Waals surface area (Å²) in [5, 5.41) is 6.28. The van der Waals surface area contributed by atoms with Crippen molar-refractivity contribution in [3.05, 3.63) is 24.3 Å². The van der Waals surface area contributed by atoms with Crippen LogP contribution in [0.1, 0.15) is 0 Å². The Labute approximate surface area is 102 Å². The van der Waals surface area contributed by atoms with Crippen molar-refractivity contribution in [3.8, 4) is 0 Å². The maximum atomic E-state index is 11.8. The minimum absolute atomic E-state index is 0.221. The highest BCUT2D eigenvalue weighted by Crippen LogP contribution is 2.25. The minimum Gasteiger partial charge on any atom is -0.364 e. The molecule has 2 heterocycles. The van der Waals surface area contributed by atoms with E-state index >= 15 is 0 Å². The first kappa shape index (κ1) is 10.2. The lowest BCUT2D eigenvalue weighted by Crippen LogP contribution is -2.32. The number of hydrogen-bond donors (Lipinski definition) is 2. The van der Waals surface area contributed by atoms with Gasteiger partial charge in [0.25, 0.3) is 5.91 Å². The maximum absolute atomic E-state index is 11.8. The molecule has 1 aromatic heterocycles. The van der Waals surface area contributed by atoms with E-state index < -0.39 is 0 Å². The van der Waals surface area contributed by atoms with Gasteiger partial charge in [-0.2, -0.15) is 0 Å². The zero-order chi connectivity index (χ0) is 11.7. The summed E-state index contributed by atoms with van der Waals surface area (Å²) in [7, 11) is 0. The predicted octanol–water partition coefficient (Wildman–Crippen LogP) is 1.24. The average Bonchev–Trinajstić information content (AvgIpc) is 2.97. The molecule has 17 heavy (non-hydrogen) atoms. The Balaban J connectivity index is 1.82. The lowest BCUT2D eigenvalue weighted by molar-refractivity contribution is -0.110. The fourth-order valence-electron chi connectivity index (χ4n) is 1.63. The Morgan fingerprint density at radius 1 is 1.41 bits per heavy atom. The smallest absolute Gasteiger partial charge is 0.292 e. The fraction of sp³-hybridized carbons (Fsp3) is 0.182. The summed E-state index contributed by atoms with van der Waals surface area (Å²) >= 11 is 1.46. The molecule has 0 aliphatic carbocycles. The zero-order valence-corrected chi connectivity index (χ0v) is 9.75. The summed E-state index contributed by atoms with van der Waals surface area (Å²) < 4.78 is 1.06. The monoisotopic (exact) mass is 246 g/mol. The molecule has 0 unspecified atom stereocenters. The quantitative estimate of drug-likeness (QED) is 0.837. The van der Waals surface area contributed by atoms with Crippen LogP contribution in [0.3, 0.4) is 0 Å². The zero-order valence-electron chi connectivity index (χ0n) is 8.93. The molecule has 1 aliphatic heterocycles. The van der Waals surface area contributed by atoms with E-state index in [9.17, 15) is 4.79 Å². The van der Waals surface area contributed by atoms with E-state index in [0.717, 1.165) is 16.8 Å². The first-order valence-corrected chi connectivity index (χ1v) is 6.10. The number of nitrogens with zero attached hydrogens (tertiary/aromatic N) is 2. The van der Waals surface area contributed by atoms with Gasteiger partial charge in [-0.25, -0.2) is 4.98 Å². The minimum atomic E-state index is -0.221. The second kappa shape index (κ2) is 4.14. The van der Waals surface area contributed by atoms with Crippen LogP contribution in [0.25, 0.3) is 10.2 Å². The number of anilines is 1. The lowest BCUT2D eigenvalue weighted by atomic mass is 10.3. The van der Waals surface area contributed by atoms with E-state index in [4.69, 9.17) is 0 Å². The van der Waals surface area contributed by atoms with Crippen molar-refractivity contribution in [1.82, 2.24) is 10.3 Å². The Kier molecular flexibility index (Phi) is 2.49. The summed E-state index contributed by atoms with van der Waals surface area (Å²) in [5.74, 6) is 0.172. The topological polar surface area (TPSA) is 66.4 Å². The van der Waals surface area contributed by atoms with Crippen LogP contribution >= 0.6 is 11.3 Å². The third kappa shape index (κ3) is 1.99. The summed E-state index contributed by atoms with van der Waals surface area (Å²) in [6.45, 7) is 1.38. The number of hydrogen-bond acceptors (Lipinski definition) is 5. The van der Waals surface area contributed by atoms with Gasteiger partial charge in [-0.05, 0) is 12.1 Å². The van der Waals surface area contributed by atoms with Crippen molar-refractivity contribution < 1.29 is 4.79 Å². The van der Waals surface area contributed by atoms with Crippen molar-refractivity contribution in [2.45, 2.75) is 0 Å². The summed E-state index contributed by atoms with van der Waals surface area (Å²) in [5.41, 5.74) is 0.897. The molecule has 0 spiro atoms. The van der Waals surface area contributed by atoms with E-state index in [-0.39, 0.29) is 5.91 Å². The van der Waals surface area contributed by atoms with Crippen LogP contribution in [0, 0.1) is 0 Å². The molecule has 0 saturated carbocycles. The lowest BCUT2D eigenvalue weighted by Gasteiger charge is -2.00. The average molecular weight is 246 g/mol. The van der Waals surface area contributed by atoms with Gasteiger partial charge in [0, 0.05) is 6.54 Å². The highest BCUT2D eigenvalue weighted by Gasteiger charge is 2.16. The van der Waals surface area contributed by atoms with Gasteiger partial charge in [-0.15, -0.1) is 0 Å². The first-order valence-electron chi connectivity index (χ1n) is 5.28. The van der Waals surface area contributed by atoms with Gasteiger partial charge in [0.2, 0.25) is 0 Å². The van der Waals surface area contributed by atoms with Gasteiger partial charge < -0.3 is 5.32 Å². The molecule has 3 rings (SSSR count). The SMILES string of the molecule is O=C(Nc1nc2ccccc2s1)C1=NCCN1. The van der Waals surface area contributed by atoms with Crippen molar-refractivity contribution in [1.29, 1.82) is 0 Å². The number of aliphatic imine (C=N–C) groups is 1. The number of nitrogens with one attached hydrogen (secondary N) is 2. The predicted molar refractivity (Wildman–Crippen MR) is 68.6 cm³/mol. The maximum Gasteiger partial charge on any atom is 0.292 e. The Morgan fingerprint density at radius 2 is 2.29 bits per heavy atom. The van der Waals surface area contributed by atoms with Crippen molar-refractivity contribution in [2.75, 3.05) is 18.4 Å². The van der Waals surface area contributed by atoms with Crippen molar-refractivity contribution in [2.24, 2.45) is 4.99 Å². The van der Waals surface area contributed by atoms with Gasteiger partial charge in [0.15, 0.2) is 11.0 Å². The van der Waals surface area contributed by atoms with Crippen LogP contribution < -0.4 is 10.6 Å². The second-order valence-electron chi connectivity index (χ2n) is 3.60. The summed E-state index contributed by atoms with van der Waals surface area (Å²) in [6.07, 6.45) is 0. The van der Waals surface area contributed by atoms with E-state index in [1.165, 1.54) is 11.3 Å². The third-order valence-corrected chi connectivity index (χ3v) is 3.36. The van der Waals surface area contributed by atoms with Crippen LogP contribution in [-0.4, -0.2) is 29.8 Å². The molecule has 0 radical (unpaired) electrons. The number of carbonyl (C=O) groups excluding carboxylic acids is 1. The van der Waals surface area contributed by atoms with Gasteiger partial charge >= 0.3 is 0 Å². The highest BCUT2D eigenvalue weighted by molar-refractivity contribution is 7.22. The summed E-state index contributed by atoms with van der Waals surface area (Å²) in [6, 6.07) is 7.78. The molecular formula is C11H10N4OS. The second-order valence-corrected chi connectivity index (χ2v) is 4.63. The number of amidine groups is 1. The molecule has 0 atom stereocenters. The molecule has 0 bridgehead atoms. The number of thiazole rings is 1. The number of benzene rings is 1. The molecule has 6 heteroatoms. The third-order valence-electron chi connectivity index (χ3n) is 2.40. The number of rotatable bonds is 2. The van der Waals surface area contributed by atoms with Gasteiger partial charge in [0.05, 0.1) is 16.8 Å². The van der Waals surface area contributed by atoms with E-state index in [2.05, 4.69) is 20.6 Å². The largest absolute Gasteiger partial charge is 0.364 e. The molecule has 0 saturated heterocycles. The number of amides is 1. The molecule has 1 aromatic carbocycles. The molecule has 1 amide bonds. The Bertz CT molecular complexity index is 571. The fourth-order valence-corrected chi connectivity index (χ4v) is 2.49. The van der Waals surface area contributed by atoms with Gasteiger partial charge in [-0.3, -0.25) is 15.1 Å². The molecular weight excluding hydrogens is 236 g/mol. The highest BCUT2D eigenvalue weighted by atomic mass is 32.1. The standard InChI is InChI=1S/C11H10N4OS/c16-10(9-12-5-6-13-9)15-11-14-7-3-1-2-4-8(7)17-11/h1-4H,5-6H2,(H,12,13)(H,14,15,16). The molecule has 86 valence electrons. The van der Waals surface area contributed by atoms with Crippen LogP contribution in [0.2, 0.25) is 0 Å². The molecule has 5 nitrogen and oxygen atoms in total. The van der Waals surface area contributed by atoms with Crippen molar-refractivity contribution >= 4 is 38.4 Å². The normalized spacial score (nSPS) is 14.5. The number of para-hydroxylation sites is 1. The van der Waals surface area contributed by atoms with E-state index in [1.54, 1.807) is 0 Å². The van der Waals surface area contributed by atoms with E-state index in [0.29, 0.717) is 17.5 Å². The van der Waals surface area contributed by atoms with Gasteiger partial charge in [0.1, 0.15) is 0 Å². The number of carbonyl (C=O) groups is 1. The Morgan fingerprint density at radius 3 is 3.06 bits per heavy atom. The van der Waals surface area contributed by atoms with Crippen molar-refractivity contribution in [3.63, 3.8) is 0 Å². The van der Waals surface area contributed by atoms with Crippen LogP contribution in [0.15, 0.2) is 29.3 Å².